The second kappa shape index (κ2) is 5.00. The van der Waals surface area contributed by atoms with Crippen LogP contribution in [0.15, 0.2) is 22.7 Å². The molecule has 0 aliphatic carbocycles. The molecule has 0 saturated heterocycles. The van der Waals surface area contributed by atoms with Crippen LogP contribution in [-0.4, -0.2) is 19.5 Å². The molecule has 3 nitrogen and oxygen atoms in total. The summed E-state index contributed by atoms with van der Waals surface area (Å²) in [5.41, 5.74) is 0.0903. The average Bonchev–Trinajstić information content (AvgIpc) is 2.27. The lowest BCUT2D eigenvalue weighted by atomic mass is 10.2. The zero-order valence-electron chi connectivity index (χ0n) is 12.4. The number of nitrogens with one attached hydrogen (secondary N) is 1. The Bertz CT molecular complexity index is 489. The van der Waals surface area contributed by atoms with E-state index in [4.69, 9.17) is 11.6 Å². The lowest BCUT2D eigenvalue weighted by Gasteiger charge is -2.08. The van der Waals surface area contributed by atoms with E-state index >= 15 is 0 Å². The van der Waals surface area contributed by atoms with E-state index in [2.05, 4.69) is 15.9 Å². The van der Waals surface area contributed by atoms with Crippen LogP contribution >= 0.6 is 15.9 Å². The second-order valence-corrected chi connectivity index (χ2v) is 3.19. The van der Waals surface area contributed by atoms with Crippen LogP contribution in [0, 0.1) is 0 Å². The molecule has 0 saturated carbocycles. The second-order valence-electron chi connectivity index (χ2n) is 2.40. The first-order valence-electron chi connectivity index (χ1n) is 6.25. The first-order chi connectivity index (χ1) is 8.60. The summed E-state index contributed by atoms with van der Waals surface area (Å²) < 4.78 is 41.1. The molecule has 0 bridgehead atoms. The van der Waals surface area contributed by atoms with Gasteiger partial charge in [0.15, 0.2) is 0 Å². The molecule has 1 aromatic carbocycles. The molecule has 0 radical (unpaired) electrons. The molecule has 1 aromatic rings. The first-order valence-corrected chi connectivity index (χ1v) is 4.54. The van der Waals surface area contributed by atoms with Crippen molar-refractivity contribution in [3.05, 3.63) is 28.2 Å². The maximum atomic E-state index is 11.9. The number of amides is 1. The Labute approximate surface area is 98.6 Å². The number of hydrogen-bond donors (Lipinski definition) is 1. The highest BCUT2D eigenvalue weighted by Crippen LogP contribution is 2.27. The van der Waals surface area contributed by atoms with Crippen molar-refractivity contribution in [2.75, 3.05) is 13.6 Å². The van der Waals surface area contributed by atoms with Crippen LogP contribution in [0.4, 0.5) is 0 Å². The fourth-order valence-electron chi connectivity index (χ4n) is 0.968. The molecule has 76 valence electrons. The monoisotopic (exact) mass is 262 g/mol. The fourth-order valence-corrected chi connectivity index (χ4v) is 1.57. The highest BCUT2D eigenvalue weighted by molar-refractivity contribution is 9.10. The molecule has 0 aromatic heterocycles. The van der Waals surface area contributed by atoms with Crippen LogP contribution < -0.4 is 10.1 Å². The molecule has 0 heterocycles. The zero-order chi connectivity index (χ0) is 14.8. The summed E-state index contributed by atoms with van der Waals surface area (Å²) in [6.45, 7) is -5.76. The van der Waals surface area contributed by atoms with Crippen molar-refractivity contribution in [3.8, 4) is 5.75 Å². The number of hydrogen-bond acceptors (Lipinski definition) is 2. The van der Waals surface area contributed by atoms with Crippen LogP contribution in [0.2, 0.25) is 0 Å². The number of methoxy groups -OCH3 is 1. The van der Waals surface area contributed by atoms with Crippen molar-refractivity contribution in [1.29, 1.82) is 0 Å². The van der Waals surface area contributed by atoms with E-state index in [1.54, 1.807) is 12.1 Å². The summed E-state index contributed by atoms with van der Waals surface area (Å²) in [5, 5.41) is 1.85. The molecule has 0 fully saturated rings. The summed E-state index contributed by atoms with van der Waals surface area (Å²) in [7, 11) is 1.42. The summed E-state index contributed by atoms with van der Waals surface area (Å²) in [6, 6.07) is 4.58. The van der Waals surface area contributed by atoms with E-state index in [9.17, 15) is 4.79 Å². The van der Waals surface area contributed by atoms with Crippen LogP contribution in [0.25, 0.3) is 0 Å². The van der Waals surface area contributed by atoms with Crippen LogP contribution in [0.5, 0.6) is 5.75 Å². The Morgan fingerprint density at radius 3 is 3.21 bits per heavy atom. The number of benzene rings is 1. The SMILES string of the molecule is [2H]C([2H])([2H])C([2H])([2H])NC(=O)c1cccc(OC)c1Br. The zero-order valence-corrected chi connectivity index (χ0v) is 9.01. The molecule has 0 unspecified atom stereocenters. The van der Waals surface area contributed by atoms with Crippen molar-refractivity contribution in [2.45, 2.75) is 6.85 Å². The quantitative estimate of drug-likeness (QED) is 0.907. The fraction of sp³-hybridized carbons (Fsp3) is 0.300. The van der Waals surface area contributed by atoms with Crippen molar-refractivity contribution >= 4 is 21.8 Å². The highest BCUT2D eigenvalue weighted by atomic mass is 79.9. The number of carbonyl (C=O) groups is 1. The van der Waals surface area contributed by atoms with E-state index < -0.39 is 19.3 Å². The Hall–Kier alpha value is -1.03. The molecule has 1 amide bonds. The predicted molar refractivity (Wildman–Crippen MR) is 58.7 cm³/mol. The maximum absolute atomic E-state index is 11.9. The normalized spacial score (nSPS) is 16.9. The van der Waals surface area contributed by atoms with Crippen LogP contribution in [0.3, 0.4) is 0 Å². The van der Waals surface area contributed by atoms with E-state index in [0.29, 0.717) is 10.2 Å². The van der Waals surface area contributed by atoms with Gasteiger partial charge in [-0.25, -0.2) is 0 Å². The van der Waals surface area contributed by atoms with E-state index in [-0.39, 0.29) is 5.56 Å². The topological polar surface area (TPSA) is 38.3 Å². The number of carbonyl (C=O) groups excluding carboxylic acids is 1. The molecule has 1 N–H and O–H groups in total. The Balaban J connectivity index is 3.03. The average molecular weight is 263 g/mol. The van der Waals surface area contributed by atoms with Crippen LogP contribution in [-0.2, 0) is 0 Å². The lowest BCUT2D eigenvalue weighted by molar-refractivity contribution is 0.0954. The summed E-state index contributed by atoms with van der Waals surface area (Å²) in [5.74, 6) is -0.450. The van der Waals surface area contributed by atoms with E-state index in [1.807, 2.05) is 5.32 Å². The van der Waals surface area contributed by atoms with Gasteiger partial charge in [0.1, 0.15) is 5.75 Å². The molecular weight excluding hydrogens is 246 g/mol. The summed E-state index contributed by atoms with van der Waals surface area (Å²) in [6.07, 6.45) is 0. The van der Waals surface area contributed by atoms with Gasteiger partial charge in [0.2, 0.25) is 0 Å². The number of rotatable bonds is 3. The third-order valence-electron chi connectivity index (χ3n) is 1.60. The molecule has 0 aliphatic rings. The largest absolute Gasteiger partial charge is 0.496 e. The summed E-state index contributed by atoms with van der Waals surface area (Å²) in [4.78, 5) is 11.9. The third-order valence-corrected chi connectivity index (χ3v) is 2.42. The summed E-state index contributed by atoms with van der Waals surface area (Å²) >= 11 is 3.15. The molecule has 0 atom stereocenters. The molecule has 14 heavy (non-hydrogen) atoms. The Morgan fingerprint density at radius 2 is 2.57 bits per heavy atom. The van der Waals surface area contributed by atoms with Crippen LogP contribution in [0.1, 0.15) is 24.1 Å². The predicted octanol–water partition coefficient (Wildman–Crippen LogP) is 2.21. The Morgan fingerprint density at radius 1 is 1.79 bits per heavy atom. The van der Waals surface area contributed by atoms with Gasteiger partial charge in [0, 0.05) is 13.4 Å². The standard InChI is InChI=1S/C10H12BrNO2/c1-3-12-10(13)7-5-4-6-8(14-2)9(7)11/h4-6H,3H2,1-2H3,(H,12,13)/i1D3,3D2. The van der Waals surface area contributed by atoms with Gasteiger partial charge >= 0.3 is 0 Å². The smallest absolute Gasteiger partial charge is 0.252 e. The van der Waals surface area contributed by atoms with Crippen molar-refractivity contribution in [2.24, 2.45) is 0 Å². The molecule has 0 spiro atoms. The molecule has 1 rings (SSSR count). The number of halogens is 1. The maximum Gasteiger partial charge on any atom is 0.252 e. The van der Waals surface area contributed by atoms with Gasteiger partial charge in [-0.3, -0.25) is 4.79 Å². The van der Waals surface area contributed by atoms with Gasteiger partial charge in [-0.15, -0.1) is 0 Å². The van der Waals surface area contributed by atoms with Crippen molar-refractivity contribution in [3.63, 3.8) is 0 Å². The van der Waals surface area contributed by atoms with E-state index in [1.165, 1.54) is 13.2 Å². The third kappa shape index (κ3) is 2.26. The first kappa shape index (κ1) is 5.75. The van der Waals surface area contributed by atoms with Gasteiger partial charge in [-0.2, -0.15) is 0 Å². The lowest BCUT2D eigenvalue weighted by Crippen LogP contribution is -2.23. The van der Waals surface area contributed by atoms with E-state index in [0.717, 1.165) is 0 Å². The van der Waals surface area contributed by atoms with Gasteiger partial charge in [0.25, 0.3) is 5.91 Å². The van der Waals surface area contributed by atoms with Crippen molar-refractivity contribution < 1.29 is 16.4 Å². The van der Waals surface area contributed by atoms with Gasteiger partial charge in [-0.1, -0.05) is 6.07 Å². The minimum absolute atomic E-state index is 0.0903. The minimum Gasteiger partial charge on any atom is -0.496 e. The highest BCUT2D eigenvalue weighted by Gasteiger charge is 2.11. The van der Waals surface area contributed by atoms with Gasteiger partial charge < -0.3 is 10.1 Å². The Kier molecular flexibility index (Phi) is 2.06. The number of ether oxygens (including phenoxy) is 1. The molecular formula is C10H12BrNO2. The van der Waals surface area contributed by atoms with Crippen molar-refractivity contribution in [1.82, 2.24) is 5.32 Å². The minimum atomic E-state index is -2.95. The molecule has 0 aliphatic heterocycles. The van der Waals surface area contributed by atoms with Gasteiger partial charge in [0.05, 0.1) is 17.1 Å². The van der Waals surface area contributed by atoms with Gasteiger partial charge in [-0.05, 0) is 34.9 Å². The molecule has 4 heteroatoms.